The molecule has 1 aliphatic heterocycles. The number of ether oxygens (including phenoxy) is 3. The van der Waals surface area contributed by atoms with Gasteiger partial charge in [0, 0.05) is 6.54 Å². The number of hydrogen-bond donors (Lipinski definition) is 1. The van der Waals surface area contributed by atoms with Crippen molar-refractivity contribution in [3.05, 3.63) is 59.2 Å². The van der Waals surface area contributed by atoms with E-state index in [9.17, 15) is 10.1 Å². The molecule has 2 aromatic carbocycles. The van der Waals surface area contributed by atoms with Crippen molar-refractivity contribution in [3.8, 4) is 23.3 Å². The Hall–Kier alpha value is -3.46. The van der Waals surface area contributed by atoms with Crippen LogP contribution in [0.3, 0.4) is 0 Å². The zero-order valence-corrected chi connectivity index (χ0v) is 14.3. The van der Waals surface area contributed by atoms with Crippen LogP contribution in [0.2, 0.25) is 0 Å². The lowest BCUT2D eigenvalue weighted by atomic mass is 10.1. The highest BCUT2D eigenvalue weighted by atomic mass is 16.7. The summed E-state index contributed by atoms with van der Waals surface area (Å²) < 4.78 is 15.9. The number of carbonyl (C=O) groups is 1. The van der Waals surface area contributed by atoms with E-state index in [0.29, 0.717) is 18.1 Å². The first-order valence-electron chi connectivity index (χ1n) is 8.21. The summed E-state index contributed by atoms with van der Waals surface area (Å²) in [5.41, 5.74) is 1.65. The summed E-state index contributed by atoms with van der Waals surface area (Å²) in [6, 6.07) is 14.6. The third-order valence-corrected chi connectivity index (χ3v) is 3.76. The number of benzene rings is 2. The van der Waals surface area contributed by atoms with Gasteiger partial charge in [0.05, 0.1) is 6.61 Å². The molecule has 2 aromatic rings. The second-order valence-electron chi connectivity index (χ2n) is 5.54. The summed E-state index contributed by atoms with van der Waals surface area (Å²) in [4.78, 5) is 12.3. The maximum atomic E-state index is 12.3. The molecule has 0 aliphatic carbocycles. The Morgan fingerprint density at radius 1 is 1.23 bits per heavy atom. The Labute approximate surface area is 151 Å². The minimum absolute atomic E-state index is 0.0369. The Kier molecular flexibility index (Phi) is 5.40. The lowest BCUT2D eigenvalue weighted by Crippen LogP contribution is -2.23. The molecule has 6 nitrogen and oxygen atoms in total. The molecule has 1 amide bonds. The topological polar surface area (TPSA) is 80.6 Å². The summed E-state index contributed by atoms with van der Waals surface area (Å²) in [5.74, 6) is 1.66. The van der Waals surface area contributed by atoms with E-state index in [1.54, 1.807) is 36.4 Å². The lowest BCUT2D eigenvalue weighted by molar-refractivity contribution is -0.117. The summed E-state index contributed by atoms with van der Waals surface area (Å²) in [7, 11) is 0. The first-order chi connectivity index (χ1) is 12.7. The highest BCUT2D eigenvalue weighted by Crippen LogP contribution is 2.32. The predicted octanol–water partition coefficient (Wildman–Crippen LogP) is 3.04. The quantitative estimate of drug-likeness (QED) is 0.640. The zero-order chi connectivity index (χ0) is 18.4. The molecule has 0 bridgehead atoms. The molecule has 0 fully saturated rings. The molecule has 0 saturated carbocycles. The first-order valence-corrected chi connectivity index (χ1v) is 8.21. The van der Waals surface area contributed by atoms with Gasteiger partial charge in [-0.1, -0.05) is 18.2 Å². The summed E-state index contributed by atoms with van der Waals surface area (Å²) in [6.45, 7) is 2.99. The Morgan fingerprint density at radius 3 is 2.73 bits per heavy atom. The SMILES string of the molecule is CCOc1ccc(/C=C(\C#N)C(=O)NCc2ccc3c(c2)OCO3)cc1. The minimum Gasteiger partial charge on any atom is -0.494 e. The minimum atomic E-state index is -0.431. The molecule has 0 aromatic heterocycles. The number of carbonyl (C=O) groups excluding carboxylic acids is 1. The number of nitrogens with zero attached hydrogens (tertiary/aromatic N) is 1. The van der Waals surface area contributed by atoms with Gasteiger partial charge in [-0.25, -0.2) is 0 Å². The van der Waals surface area contributed by atoms with Crippen LogP contribution in [0.1, 0.15) is 18.1 Å². The van der Waals surface area contributed by atoms with Crippen LogP contribution in [-0.2, 0) is 11.3 Å². The molecule has 1 aliphatic rings. The second kappa shape index (κ2) is 8.08. The van der Waals surface area contributed by atoms with Gasteiger partial charge >= 0.3 is 0 Å². The van der Waals surface area contributed by atoms with Gasteiger partial charge in [-0.2, -0.15) is 5.26 Å². The van der Waals surface area contributed by atoms with Crippen molar-refractivity contribution in [2.75, 3.05) is 13.4 Å². The lowest BCUT2D eigenvalue weighted by Gasteiger charge is -2.06. The molecule has 0 radical (unpaired) electrons. The van der Waals surface area contributed by atoms with Crippen molar-refractivity contribution < 1.29 is 19.0 Å². The fourth-order valence-corrected chi connectivity index (χ4v) is 2.47. The predicted molar refractivity (Wildman–Crippen MR) is 95.6 cm³/mol. The second-order valence-corrected chi connectivity index (χ2v) is 5.54. The summed E-state index contributed by atoms with van der Waals surface area (Å²) in [5, 5.41) is 12.0. The molecule has 0 spiro atoms. The smallest absolute Gasteiger partial charge is 0.262 e. The zero-order valence-electron chi connectivity index (χ0n) is 14.3. The molecule has 0 atom stereocenters. The Bertz CT molecular complexity index is 866. The molecule has 0 saturated heterocycles. The van der Waals surface area contributed by atoms with Gasteiger partial charge in [-0.3, -0.25) is 4.79 Å². The number of amides is 1. The van der Waals surface area contributed by atoms with E-state index in [4.69, 9.17) is 14.2 Å². The van der Waals surface area contributed by atoms with Crippen LogP contribution in [0.5, 0.6) is 17.2 Å². The van der Waals surface area contributed by atoms with Gasteiger partial charge in [-0.15, -0.1) is 0 Å². The molecule has 0 unspecified atom stereocenters. The van der Waals surface area contributed by atoms with Crippen LogP contribution in [0.15, 0.2) is 48.0 Å². The van der Waals surface area contributed by atoms with Crippen LogP contribution in [-0.4, -0.2) is 19.3 Å². The van der Waals surface area contributed by atoms with E-state index in [1.165, 1.54) is 0 Å². The molecule has 1 N–H and O–H groups in total. The molecular weight excluding hydrogens is 332 g/mol. The van der Waals surface area contributed by atoms with E-state index >= 15 is 0 Å². The molecule has 26 heavy (non-hydrogen) atoms. The van der Waals surface area contributed by atoms with Crippen molar-refractivity contribution in [2.45, 2.75) is 13.5 Å². The number of hydrogen-bond acceptors (Lipinski definition) is 5. The van der Waals surface area contributed by atoms with Crippen LogP contribution >= 0.6 is 0 Å². The average Bonchev–Trinajstić information content (AvgIpc) is 3.13. The maximum Gasteiger partial charge on any atom is 0.262 e. The number of fused-ring (bicyclic) bond motifs is 1. The highest BCUT2D eigenvalue weighted by molar-refractivity contribution is 6.01. The Morgan fingerprint density at radius 2 is 2.00 bits per heavy atom. The highest BCUT2D eigenvalue weighted by Gasteiger charge is 2.14. The van der Waals surface area contributed by atoms with Gasteiger partial charge in [-0.05, 0) is 48.4 Å². The van der Waals surface area contributed by atoms with E-state index < -0.39 is 5.91 Å². The van der Waals surface area contributed by atoms with Crippen LogP contribution < -0.4 is 19.5 Å². The van der Waals surface area contributed by atoms with Gasteiger partial charge in [0.15, 0.2) is 11.5 Å². The third kappa shape index (κ3) is 4.14. The molecule has 132 valence electrons. The number of nitriles is 1. The summed E-state index contributed by atoms with van der Waals surface area (Å²) >= 11 is 0. The van der Waals surface area contributed by atoms with Crippen molar-refractivity contribution in [1.82, 2.24) is 5.32 Å². The van der Waals surface area contributed by atoms with Crippen molar-refractivity contribution in [1.29, 1.82) is 5.26 Å². The van der Waals surface area contributed by atoms with Gasteiger partial charge in [0.1, 0.15) is 17.4 Å². The van der Waals surface area contributed by atoms with Crippen LogP contribution in [0.25, 0.3) is 6.08 Å². The van der Waals surface area contributed by atoms with E-state index in [-0.39, 0.29) is 18.9 Å². The number of nitrogens with one attached hydrogen (secondary N) is 1. The van der Waals surface area contributed by atoms with E-state index in [1.807, 2.05) is 25.1 Å². The number of rotatable bonds is 6. The van der Waals surface area contributed by atoms with Crippen LogP contribution in [0.4, 0.5) is 0 Å². The van der Waals surface area contributed by atoms with Crippen molar-refractivity contribution in [3.63, 3.8) is 0 Å². The van der Waals surface area contributed by atoms with Crippen LogP contribution in [0, 0.1) is 11.3 Å². The largest absolute Gasteiger partial charge is 0.494 e. The van der Waals surface area contributed by atoms with Gasteiger partial charge < -0.3 is 19.5 Å². The molecular formula is C20H18N2O4. The fourth-order valence-electron chi connectivity index (χ4n) is 2.47. The standard InChI is InChI=1S/C20H18N2O4/c1-2-24-17-6-3-14(4-7-17)9-16(11-21)20(23)22-12-15-5-8-18-19(10-15)26-13-25-18/h3-10H,2,12-13H2,1H3,(H,22,23)/b16-9+. The molecule has 6 heteroatoms. The van der Waals surface area contributed by atoms with E-state index in [0.717, 1.165) is 16.9 Å². The first kappa shape index (κ1) is 17.4. The molecule has 3 rings (SSSR count). The fraction of sp³-hybridized carbons (Fsp3) is 0.200. The maximum absolute atomic E-state index is 12.3. The normalized spacial score (nSPS) is 12.4. The molecule has 1 heterocycles. The van der Waals surface area contributed by atoms with Crippen molar-refractivity contribution >= 4 is 12.0 Å². The average molecular weight is 350 g/mol. The van der Waals surface area contributed by atoms with Gasteiger partial charge in [0.25, 0.3) is 5.91 Å². The van der Waals surface area contributed by atoms with Crippen molar-refractivity contribution in [2.24, 2.45) is 0 Å². The summed E-state index contributed by atoms with van der Waals surface area (Å²) in [6.07, 6.45) is 1.55. The van der Waals surface area contributed by atoms with Gasteiger partial charge in [0.2, 0.25) is 6.79 Å². The van der Waals surface area contributed by atoms with E-state index in [2.05, 4.69) is 5.32 Å². The third-order valence-electron chi connectivity index (χ3n) is 3.76. The monoisotopic (exact) mass is 350 g/mol. The Balaban J connectivity index is 1.64.